The number of nitrogens with one attached hydrogen (secondary N) is 1. The van der Waals surface area contributed by atoms with Crippen LogP contribution in [0.5, 0.6) is 5.75 Å². The van der Waals surface area contributed by atoms with Crippen LogP contribution in [0.25, 0.3) is 0 Å². The van der Waals surface area contributed by atoms with Crippen LogP contribution in [-0.2, 0) is 17.8 Å². The molecule has 8 heteroatoms. The summed E-state index contributed by atoms with van der Waals surface area (Å²) in [4.78, 5) is 16.8. The molecular weight excluding hydrogens is 394 g/mol. The minimum absolute atomic E-state index is 0.0645. The van der Waals surface area contributed by atoms with Gasteiger partial charge in [-0.15, -0.1) is 0 Å². The quantitative estimate of drug-likeness (QED) is 0.517. The van der Waals surface area contributed by atoms with Gasteiger partial charge in [-0.2, -0.15) is 10.1 Å². The Hall–Kier alpha value is -3.65. The molecule has 1 unspecified atom stereocenters. The first kappa shape index (κ1) is 20.6. The number of nitrogens with zero attached hydrogens (tertiary/aromatic N) is 3. The predicted octanol–water partition coefficient (Wildman–Crippen LogP) is 2.56. The van der Waals surface area contributed by atoms with Gasteiger partial charge in [0.25, 0.3) is 0 Å². The summed E-state index contributed by atoms with van der Waals surface area (Å²) in [5.41, 5.74) is 8.73. The normalized spacial score (nSPS) is 15.4. The van der Waals surface area contributed by atoms with Crippen LogP contribution in [0.3, 0.4) is 0 Å². The maximum Gasteiger partial charge on any atom is 0.248 e. The molecule has 0 spiro atoms. The molecule has 2 aromatic carbocycles. The molecule has 0 radical (unpaired) electrons. The highest BCUT2D eigenvalue weighted by Gasteiger charge is 2.33. The number of carbonyl (C=O) groups is 1. The summed E-state index contributed by atoms with van der Waals surface area (Å²) in [6.07, 6.45) is 1.11. The van der Waals surface area contributed by atoms with Gasteiger partial charge in [-0.25, -0.2) is 4.68 Å². The van der Waals surface area contributed by atoms with Crippen molar-refractivity contribution in [1.82, 2.24) is 14.8 Å². The Morgan fingerprint density at radius 1 is 1.19 bits per heavy atom. The number of aromatic nitrogens is 3. The van der Waals surface area contributed by atoms with E-state index < -0.39 is 11.9 Å². The fourth-order valence-electron chi connectivity index (χ4n) is 3.65. The van der Waals surface area contributed by atoms with Crippen LogP contribution in [0.4, 0.5) is 5.95 Å². The highest BCUT2D eigenvalue weighted by atomic mass is 16.5. The lowest BCUT2D eigenvalue weighted by molar-refractivity contribution is -0.115. The molecule has 1 amide bonds. The highest BCUT2D eigenvalue weighted by molar-refractivity contribution is 5.95. The number of aliphatic hydroxyl groups is 1. The second-order valence-corrected chi connectivity index (χ2v) is 7.40. The maximum atomic E-state index is 12.3. The molecule has 2 heterocycles. The first-order valence-electron chi connectivity index (χ1n) is 10.2. The Kier molecular flexibility index (Phi) is 5.99. The zero-order valence-corrected chi connectivity index (χ0v) is 17.3. The number of benzene rings is 2. The summed E-state index contributed by atoms with van der Waals surface area (Å²) in [5.74, 6) is 1.36. The summed E-state index contributed by atoms with van der Waals surface area (Å²) in [7, 11) is 0. The number of rotatable bonds is 8. The highest BCUT2D eigenvalue weighted by Crippen LogP contribution is 2.35. The summed E-state index contributed by atoms with van der Waals surface area (Å²) >= 11 is 0. The molecule has 1 atom stereocenters. The van der Waals surface area contributed by atoms with Crippen LogP contribution < -0.4 is 15.8 Å². The third kappa shape index (κ3) is 4.44. The van der Waals surface area contributed by atoms with E-state index in [4.69, 9.17) is 15.6 Å². The second kappa shape index (κ2) is 9.01. The van der Waals surface area contributed by atoms with Crippen LogP contribution in [0, 0.1) is 0 Å². The molecule has 3 aromatic rings. The van der Waals surface area contributed by atoms with Crippen molar-refractivity contribution in [2.45, 2.75) is 32.4 Å². The number of primary amides is 1. The maximum absolute atomic E-state index is 12.3. The van der Waals surface area contributed by atoms with Gasteiger partial charge in [0.1, 0.15) is 18.4 Å². The Bertz CT molecular complexity index is 1090. The lowest BCUT2D eigenvalue weighted by Gasteiger charge is -2.27. The molecule has 0 saturated carbocycles. The number of nitrogens with two attached hydrogens (primary N) is 1. The largest absolute Gasteiger partial charge is 0.489 e. The molecule has 8 nitrogen and oxygen atoms in total. The van der Waals surface area contributed by atoms with E-state index >= 15 is 0 Å². The summed E-state index contributed by atoms with van der Waals surface area (Å²) < 4.78 is 7.55. The Labute approximate surface area is 180 Å². The van der Waals surface area contributed by atoms with Crippen molar-refractivity contribution in [3.05, 3.63) is 82.8 Å². The van der Waals surface area contributed by atoms with Crippen molar-refractivity contribution in [1.29, 1.82) is 0 Å². The third-order valence-corrected chi connectivity index (χ3v) is 5.16. The Morgan fingerprint density at radius 3 is 2.61 bits per heavy atom. The first-order valence-corrected chi connectivity index (χ1v) is 10.2. The van der Waals surface area contributed by atoms with Crippen LogP contribution in [0.15, 0.2) is 65.9 Å². The van der Waals surface area contributed by atoms with E-state index in [2.05, 4.69) is 15.4 Å². The number of aryl methyl sites for hydroxylation is 1. The van der Waals surface area contributed by atoms with Crippen molar-refractivity contribution in [3.8, 4) is 5.75 Å². The summed E-state index contributed by atoms with van der Waals surface area (Å²) in [5, 5.41) is 16.8. The van der Waals surface area contributed by atoms with Gasteiger partial charge in [0.15, 0.2) is 5.82 Å². The third-order valence-electron chi connectivity index (χ3n) is 5.16. The zero-order chi connectivity index (χ0) is 21.8. The summed E-state index contributed by atoms with van der Waals surface area (Å²) in [6.45, 7) is 2.34. The average Bonchev–Trinajstić information content (AvgIpc) is 3.18. The number of hydrogen-bond acceptors (Lipinski definition) is 6. The van der Waals surface area contributed by atoms with E-state index in [1.54, 1.807) is 11.6 Å². The van der Waals surface area contributed by atoms with E-state index in [1.165, 1.54) is 0 Å². The van der Waals surface area contributed by atoms with E-state index in [0.29, 0.717) is 42.5 Å². The molecule has 0 aliphatic carbocycles. The van der Waals surface area contributed by atoms with Gasteiger partial charge < -0.3 is 20.9 Å². The monoisotopic (exact) mass is 419 g/mol. The molecule has 1 aliphatic heterocycles. The lowest BCUT2D eigenvalue weighted by atomic mass is 9.95. The molecule has 31 heavy (non-hydrogen) atoms. The smallest absolute Gasteiger partial charge is 0.248 e. The molecule has 4 N–H and O–H groups in total. The van der Waals surface area contributed by atoms with Crippen LogP contribution in [-0.4, -0.2) is 32.4 Å². The van der Waals surface area contributed by atoms with E-state index in [9.17, 15) is 4.79 Å². The zero-order valence-electron chi connectivity index (χ0n) is 17.3. The topological polar surface area (TPSA) is 115 Å². The minimum Gasteiger partial charge on any atom is -0.489 e. The number of allylic oxidation sites excluding steroid dienone is 1. The fraction of sp³-hybridized carbons (Fsp3) is 0.261. The molecule has 1 aliphatic rings. The molecule has 0 fully saturated rings. The fourth-order valence-corrected chi connectivity index (χ4v) is 3.65. The summed E-state index contributed by atoms with van der Waals surface area (Å²) in [6, 6.07) is 17.0. The standard InChI is InChI=1S/C23H25N5O3/c1-15-20(22(24)30)21(28-23(25-15)26-19(27-28)8-5-13-29)17-9-11-18(12-10-17)31-14-16-6-3-2-4-7-16/h2-4,6-7,9-12,21,29H,5,8,13-14H2,1H3,(H2,24,30)(H,25,26,27). The average molecular weight is 419 g/mol. The Morgan fingerprint density at radius 2 is 1.94 bits per heavy atom. The second-order valence-electron chi connectivity index (χ2n) is 7.40. The van der Waals surface area contributed by atoms with Crippen molar-refractivity contribution in [2.75, 3.05) is 11.9 Å². The first-order chi connectivity index (χ1) is 15.1. The van der Waals surface area contributed by atoms with E-state index in [0.717, 1.165) is 16.9 Å². The van der Waals surface area contributed by atoms with Gasteiger partial charge in [-0.3, -0.25) is 4.79 Å². The van der Waals surface area contributed by atoms with Gasteiger partial charge in [0.2, 0.25) is 11.9 Å². The van der Waals surface area contributed by atoms with Crippen LogP contribution in [0.2, 0.25) is 0 Å². The molecule has 1 aromatic heterocycles. The molecule has 0 saturated heterocycles. The number of anilines is 1. The van der Waals surface area contributed by atoms with Gasteiger partial charge in [0, 0.05) is 18.7 Å². The predicted molar refractivity (Wildman–Crippen MR) is 116 cm³/mol. The number of amides is 1. The van der Waals surface area contributed by atoms with E-state index in [-0.39, 0.29) is 6.61 Å². The number of hydrogen-bond donors (Lipinski definition) is 3. The van der Waals surface area contributed by atoms with Gasteiger partial charge in [-0.05, 0) is 36.6 Å². The Balaban J connectivity index is 1.61. The van der Waals surface area contributed by atoms with Crippen molar-refractivity contribution in [3.63, 3.8) is 0 Å². The van der Waals surface area contributed by atoms with E-state index in [1.807, 2.05) is 54.6 Å². The van der Waals surface area contributed by atoms with Crippen LogP contribution >= 0.6 is 0 Å². The number of carbonyl (C=O) groups excluding carboxylic acids is 1. The van der Waals surface area contributed by atoms with Gasteiger partial charge in [-0.1, -0.05) is 42.5 Å². The minimum atomic E-state index is -0.516. The number of fused-ring (bicyclic) bond motifs is 1. The molecule has 4 rings (SSSR count). The molecular formula is C23H25N5O3. The lowest BCUT2D eigenvalue weighted by Crippen LogP contribution is -2.31. The van der Waals surface area contributed by atoms with Crippen LogP contribution in [0.1, 0.15) is 36.3 Å². The van der Waals surface area contributed by atoms with Crippen molar-refractivity contribution in [2.24, 2.45) is 5.73 Å². The van der Waals surface area contributed by atoms with Gasteiger partial charge >= 0.3 is 0 Å². The van der Waals surface area contributed by atoms with Gasteiger partial charge in [0.05, 0.1) is 5.57 Å². The molecule has 160 valence electrons. The SMILES string of the molecule is CC1=C(C(N)=O)C(c2ccc(OCc3ccccc3)cc2)n2nc(CCCO)nc2N1. The number of ether oxygens (including phenoxy) is 1. The number of aliphatic hydroxyl groups excluding tert-OH is 1. The molecule has 0 bridgehead atoms. The van der Waals surface area contributed by atoms with Crippen molar-refractivity contribution >= 4 is 11.9 Å². The van der Waals surface area contributed by atoms with Crippen molar-refractivity contribution < 1.29 is 14.6 Å².